The second kappa shape index (κ2) is 7.11. The number of aryl methyl sites for hydroxylation is 2. The van der Waals surface area contributed by atoms with Crippen molar-refractivity contribution >= 4 is 27.5 Å². The monoisotopic (exact) mass is 344 g/mol. The van der Waals surface area contributed by atoms with E-state index in [4.69, 9.17) is 4.74 Å². The molecular formula is C17H20N4O2S. The highest BCUT2D eigenvalue weighted by molar-refractivity contribution is 7.16. The molecular weight excluding hydrogens is 324 g/mol. The first-order valence-electron chi connectivity index (χ1n) is 7.85. The lowest BCUT2D eigenvalue weighted by Crippen LogP contribution is -2.19. The number of fused-ring (bicyclic) bond motifs is 1. The number of carbonyl (C=O) groups is 1. The van der Waals surface area contributed by atoms with Crippen LogP contribution in [-0.4, -0.2) is 34.0 Å². The predicted octanol–water partition coefficient (Wildman–Crippen LogP) is 2.62. The fourth-order valence-electron chi connectivity index (χ4n) is 2.58. The number of ether oxygens (including phenoxy) is 1. The summed E-state index contributed by atoms with van der Waals surface area (Å²) < 4.78 is 10.1. The summed E-state index contributed by atoms with van der Waals surface area (Å²) in [5.41, 5.74) is 2.39. The van der Waals surface area contributed by atoms with Crippen LogP contribution in [0.4, 0.5) is 0 Å². The maximum absolute atomic E-state index is 12.5. The molecule has 0 aliphatic carbocycles. The van der Waals surface area contributed by atoms with Crippen LogP contribution in [0.1, 0.15) is 23.1 Å². The number of benzene rings is 1. The van der Waals surface area contributed by atoms with Gasteiger partial charge < -0.3 is 9.30 Å². The van der Waals surface area contributed by atoms with E-state index in [-0.39, 0.29) is 5.91 Å². The number of nitrogens with zero attached hydrogens (tertiary/aromatic N) is 4. The van der Waals surface area contributed by atoms with Crippen LogP contribution in [0.5, 0.6) is 0 Å². The first kappa shape index (κ1) is 16.6. The minimum atomic E-state index is -0.317. The summed E-state index contributed by atoms with van der Waals surface area (Å²) in [7, 11) is 1.66. The summed E-state index contributed by atoms with van der Waals surface area (Å²) in [6.07, 6.45) is 0. The van der Waals surface area contributed by atoms with E-state index in [1.54, 1.807) is 17.9 Å². The molecule has 126 valence electrons. The second-order valence-electron chi connectivity index (χ2n) is 5.40. The summed E-state index contributed by atoms with van der Waals surface area (Å²) in [6.45, 7) is 5.87. The Morgan fingerprint density at radius 1 is 1.38 bits per heavy atom. The van der Waals surface area contributed by atoms with E-state index < -0.39 is 0 Å². The van der Waals surface area contributed by atoms with Crippen molar-refractivity contribution in [2.45, 2.75) is 26.9 Å². The minimum Gasteiger partial charge on any atom is -0.383 e. The predicted molar refractivity (Wildman–Crippen MR) is 94.2 cm³/mol. The smallest absolute Gasteiger partial charge is 0.300 e. The maximum atomic E-state index is 12.5. The van der Waals surface area contributed by atoms with Crippen molar-refractivity contribution in [1.29, 1.82) is 0 Å². The molecule has 0 N–H and O–H groups in total. The zero-order valence-corrected chi connectivity index (χ0v) is 14.8. The lowest BCUT2D eigenvalue weighted by molar-refractivity contribution is 0.0992. The quantitative estimate of drug-likeness (QED) is 0.715. The van der Waals surface area contributed by atoms with Gasteiger partial charge in [0.2, 0.25) is 0 Å². The molecule has 0 fully saturated rings. The van der Waals surface area contributed by atoms with E-state index in [0.29, 0.717) is 23.6 Å². The van der Waals surface area contributed by atoms with Crippen molar-refractivity contribution in [2.75, 3.05) is 13.7 Å². The SMILES string of the molecule is CCn1nc(C(=O)N=c2sc3ccccc3n2CCOC)cc1C. The molecule has 1 aromatic carbocycles. The number of carbonyl (C=O) groups excluding carboxylic acids is 1. The maximum Gasteiger partial charge on any atom is 0.300 e. The molecule has 24 heavy (non-hydrogen) atoms. The second-order valence-corrected chi connectivity index (χ2v) is 6.41. The van der Waals surface area contributed by atoms with Gasteiger partial charge in [0.15, 0.2) is 10.5 Å². The molecule has 0 unspecified atom stereocenters. The highest BCUT2D eigenvalue weighted by atomic mass is 32.1. The molecule has 2 aromatic heterocycles. The molecule has 0 spiro atoms. The average Bonchev–Trinajstić information content (AvgIpc) is 3.13. The molecule has 0 aliphatic rings. The third-order valence-electron chi connectivity index (χ3n) is 3.80. The fourth-order valence-corrected chi connectivity index (χ4v) is 3.64. The van der Waals surface area contributed by atoms with Gasteiger partial charge in [-0.25, -0.2) is 0 Å². The van der Waals surface area contributed by atoms with Gasteiger partial charge in [-0.2, -0.15) is 10.1 Å². The standard InChI is InChI=1S/C17H20N4O2S/c1-4-21-12(2)11-13(19-21)16(22)18-17-20(9-10-23-3)14-7-5-6-8-15(14)24-17/h5-8,11H,4,9-10H2,1-3H3. The van der Waals surface area contributed by atoms with E-state index in [1.165, 1.54) is 11.3 Å². The van der Waals surface area contributed by atoms with Crippen molar-refractivity contribution < 1.29 is 9.53 Å². The third kappa shape index (κ3) is 3.18. The normalized spacial score (nSPS) is 12.2. The zero-order chi connectivity index (χ0) is 17.1. The highest BCUT2D eigenvalue weighted by Crippen LogP contribution is 2.16. The Labute approximate surface area is 144 Å². The van der Waals surface area contributed by atoms with Gasteiger partial charge in [0, 0.05) is 25.9 Å². The van der Waals surface area contributed by atoms with Gasteiger partial charge in [-0.05, 0) is 32.0 Å². The minimum absolute atomic E-state index is 0.317. The van der Waals surface area contributed by atoms with Crippen molar-refractivity contribution in [3.8, 4) is 0 Å². The van der Waals surface area contributed by atoms with Crippen LogP contribution in [0, 0.1) is 6.92 Å². The van der Waals surface area contributed by atoms with Crippen LogP contribution in [0.15, 0.2) is 35.3 Å². The molecule has 0 aliphatic heterocycles. The molecule has 3 aromatic rings. The van der Waals surface area contributed by atoms with Gasteiger partial charge in [-0.3, -0.25) is 9.48 Å². The largest absolute Gasteiger partial charge is 0.383 e. The van der Waals surface area contributed by atoms with E-state index in [9.17, 15) is 4.79 Å². The Kier molecular flexibility index (Phi) is 4.92. The molecule has 0 saturated carbocycles. The Hall–Kier alpha value is -2.25. The summed E-state index contributed by atoms with van der Waals surface area (Å²) in [6, 6.07) is 9.81. The zero-order valence-electron chi connectivity index (χ0n) is 14.0. The Morgan fingerprint density at radius 2 is 2.17 bits per heavy atom. The summed E-state index contributed by atoms with van der Waals surface area (Å²) in [5.74, 6) is -0.317. The number of thiazole rings is 1. The first-order valence-corrected chi connectivity index (χ1v) is 8.66. The van der Waals surface area contributed by atoms with Crippen LogP contribution < -0.4 is 4.80 Å². The first-order chi connectivity index (χ1) is 11.6. The van der Waals surface area contributed by atoms with Crippen molar-refractivity contribution in [3.05, 3.63) is 46.5 Å². The molecule has 6 nitrogen and oxygen atoms in total. The lowest BCUT2D eigenvalue weighted by Gasteiger charge is -2.03. The molecule has 0 radical (unpaired) electrons. The van der Waals surface area contributed by atoms with E-state index in [1.807, 2.05) is 42.7 Å². The van der Waals surface area contributed by atoms with E-state index in [0.717, 1.165) is 22.5 Å². The fraction of sp³-hybridized carbons (Fsp3) is 0.353. The van der Waals surface area contributed by atoms with Crippen LogP contribution in [-0.2, 0) is 17.8 Å². The van der Waals surface area contributed by atoms with Crippen LogP contribution in [0.25, 0.3) is 10.2 Å². The number of hydrogen-bond acceptors (Lipinski definition) is 4. The van der Waals surface area contributed by atoms with Gasteiger partial charge in [-0.1, -0.05) is 23.5 Å². The molecule has 0 atom stereocenters. The Morgan fingerprint density at radius 3 is 2.88 bits per heavy atom. The van der Waals surface area contributed by atoms with Gasteiger partial charge in [-0.15, -0.1) is 0 Å². The number of hydrogen-bond donors (Lipinski definition) is 0. The van der Waals surface area contributed by atoms with Crippen LogP contribution in [0.2, 0.25) is 0 Å². The topological polar surface area (TPSA) is 61.4 Å². The van der Waals surface area contributed by atoms with Gasteiger partial charge >= 0.3 is 0 Å². The summed E-state index contributed by atoms with van der Waals surface area (Å²) in [4.78, 5) is 17.5. The van der Waals surface area contributed by atoms with Gasteiger partial charge in [0.05, 0.1) is 16.8 Å². The molecule has 0 saturated heterocycles. The van der Waals surface area contributed by atoms with Gasteiger partial charge in [0.1, 0.15) is 0 Å². The Balaban J connectivity index is 2.06. The number of methoxy groups -OCH3 is 1. The molecule has 1 amide bonds. The van der Waals surface area contributed by atoms with Crippen molar-refractivity contribution in [2.24, 2.45) is 4.99 Å². The van der Waals surface area contributed by atoms with Crippen LogP contribution >= 0.6 is 11.3 Å². The highest BCUT2D eigenvalue weighted by Gasteiger charge is 2.13. The lowest BCUT2D eigenvalue weighted by atomic mass is 10.3. The van der Waals surface area contributed by atoms with E-state index >= 15 is 0 Å². The van der Waals surface area contributed by atoms with E-state index in [2.05, 4.69) is 10.1 Å². The molecule has 3 rings (SSSR count). The number of rotatable bonds is 5. The number of para-hydroxylation sites is 1. The molecule has 2 heterocycles. The summed E-state index contributed by atoms with van der Waals surface area (Å²) >= 11 is 1.50. The van der Waals surface area contributed by atoms with Gasteiger partial charge in [0.25, 0.3) is 5.91 Å². The molecule has 0 bridgehead atoms. The van der Waals surface area contributed by atoms with Crippen molar-refractivity contribution in [1.82, 2.24) is 14.3 Å². The van der Waals surface area contributed by atoms with Crippen LogP contribution in [0.3, 0.4) is 0 Å². The van der Waals surface area contributed by atoms with Crippen molar-refractivity contribution in [3.63, 3.8) is 0 Å². The Bertz CT molecular complexity index is 936. The molecule has 7 heteroatoms. The third-order valence-corrected chi connectivity index (χ3v) is 4.86. The average molecular weight is 344 g/mol. The number of aromatic nitrogens is 3. The summed E-state index contributed by atoms with van der Waals surface area (Å²) in [5, 5.41) is 4.31. The number of amides is 1.